The van der Waals surface area contributed by atoms with Gasteiger partial charge in [0.15, 0.2) is 0 Å². The summed E-state index contributed by atoms with van der Waals surface area (Å²) in [7, 11) is 1.82. The van der Waals surface area contributed by atoms with E-state index in [1.165, 1.54) is 0 Å². The van der Waals surface area contributed by atoms with Crippen molar-refractivity contribution in [3.8, 4) is 6.07 Å². The zero-order valence-electron chi connectivity index (χ0n) is 11.3. The summed E-state index contributed by atoms with van der Waals surface area (Å²) in [5.41, 5.74) is 0.334. The van der Waals surface area contributed by atoms with Gasteiger partial charge in [-0.25, -0.2) is 4.98 Å². The van der Waals surface area contributed by atoms with Crippen molar-refractivity contribution in [2.45, 2.75) is 17.0 Å². The van der Waals surface area contributed by atoms with Crippen molar-refractivity contribution in [1.29, 1.82) is 5.26 Å². The lowest BCUT2D eigenvalue weighted by atomic mass is 9.89. The lowest BCUT2D eigenvalue weighted by Gasteiger charge is -2.26. The van der Waals surface area contributed by atoms with Gasteiger partial charge in [-0.05, 0) is 19.0 Å². The predicted molar refractivity (Wildman–Crippen MR) is 80.2 cm³/mol. The fourth-order valence-corrected chi connectivity index (χ4v) is 2.87. The molecular formula is C15H16N4S. The molecule has 1 aromatic carbocycles. The van der Waals surface area contributed by atoms with Crippen LogP contribution in [0.2, 0.25) is 0 Å². The second kappa shape index (κ2) is 7.04. The van der Waals surface area contributed by atoms with Crippen LogP contribution < -0.4 is 5.32 Å². The molecule has 0 spiro atoms. The molecule has 1 N–H and O–H groups in total. The van der Waals surface area contributed by atoms with Gasteiger partial charge in [0.1, 0.15) is 10.6 Å². The van der Waals surface area contributed by atoms with Crippen LogP contribution in [0.15, 0.2) is 53.9 Å². The van der Waals surface area contributed by atoms with Gasteiger partial charge in [-0.1, -0.05) is 30.3 Å². The van der Waals surface area contributed by atoms with Crippen molar-refractivity contribution < 1.29 is 0 Å². The lowest BCUT2D eigenvalue weighted by molar-refractivity contribution is 0.457. The second-order valence-electron chi connectivity index (χ2n) is 4.28. The summed E-state index contributed by atoms with van der Waals surface area (Å²) in [5, 5.41) is 13.6. The highest BCUT2D eigenvalue weighted by Crippen LogP contribution is 2.27. The van der Waals surface area contributed by atoms with Crippen molar-refractivity contribution in [3.63, 3.8) is 0 Å². The van der Waals surface area contributed by atoms with Gasteiger partial charge < -0.3 is 0 Å². The third-order valence-corrected chi connectivity index (χ3v) is 4.07. The maximum absolute atomic E-state index is 9.58. The van der Waals surface area contributed by atoms with Crippen LogP contribution in [-0.4, -0.2) is 22.8 Å². The Morgan fingerprint density at radius 1 is 1.30 bits per heavy atom. The van der Waals surface area contributed by atoms with E-state index in [0.29, 0.717) is 6.42 Å². The molecule has 4 nitrogen and oxygen atoms in total. The monoisotopic (exact) mass is 284 g/mol. The first-order chi connectivity index (χ1) is 9.80. The van der Waals surface area contributed by atoms with Gasteiger partial charge >= 0.3 is 0 Å². The first-order valence-corrected chi connectivity index (χ1v) is 7.34. The minimum atomic E-state index is -0.656. The Bertz CT molecular complexity index is 567. The number of thioether (sulfide) groups is 1. The molecule has 102 valence electrons. The van der Waals surface area contributed by atoms with Crippen molar-refractivity contribution in [3.05, 3.63) is 54.5 Å². The third kappa shape index (κ3) is 3.35. The van der Waals surface area contributed by atoms with E-state index in [2.05, 4.69) is 21.4 Å². The summed E-state index contributed by atoms with van der Waals surface area (Å²) in [5.74, 6) is 0.794. The standard InChI is InChI=1S/C15H16N4S/c1-17-15(12-16,13-5-3-2-4-6-13)7-10-20-14-11-18-8-9-19-14/h2-6,8-9,11,17H,7,10H2,1H3. The van der Waals surface area contributed by atoms with E-state index in [0.717, 1.165) is 16.3 Å². The van der Waals surface area contributed by atoms with E-state index in [1.54, 1.807) is 30.4 Å². The Morgan fingerprint density at radius 3 is 2.70 bits per heavy atom. The smallest absolute Gasteiger partial charge is 0.132 e. The molecule has 1 unspecified atom stereocenters. The number of nitrogens with one attached hydrogen (secondary N) is 1. The normalized spacial score (nSPS) is 13.4. The molecule has 0 fully saturated rings. The molecule has 5 heteroatoms. The van der Waals surface area contributed by atoms with Gasteiger partial charge in [-0.15, -0.1) is 11.8 Å². The maximum atomic E-state index is 9.58. The number of hydrogen-bond acceptors (Lipinski definition) is 5. The lowest BCUT2D eigenvalue weighted by Crippen LogP contribution is -2.39. The summed E-state index contributed by atoms with van der Waals surface area (Å²) in [4.78, 5) is 8.25. The van der Waals surface area contributed by atoms with Gasteiger partial charge in [0.25, 0.3) is 0 Å². The van der Waals surface area contributed by atoms with E-state index in [1.807, 2.05) is 37.4 Å². The molecule has 1 aromatic heterocycles. The molecule has 0 amide bonds. The molecule has 0 bridgehead atoms. The van der Waals surface area contributed by atoms with Crippen LogP contribution in [0.4, 0.5) is 0 Å². The van der Waals surface area contributed by atoms with E-state index in [-0.39, 0.29) is 0 Å². The number of rotatable bonds is 6. The van der Waals surface area contributed by atoms with Crippen LogP contribution in [0, 0.1) is 11.3 Å². The molecule has 1 atom stereocenters. The second-order valence-corrected chi connectivity index (χ2v) is 5.39. The Hall–Kier alpha value is -1.90. The minimum Gasteiger partial charge on any atom is -0.299 e. The molecular weight excluding hydrogens is 268 g/mol. The van der Waals surface area contributed by atoms with Crippen LogP contribution in [0.25, 0.3) is 0 Å². The topological polar surface area (TPSA) is 61.6 Å². The zero-order valence-corrected chi connectivity index (χ0v) is 12.1. The first kappa shape index (κ1) is 14.5. The van der Waals surface area contributed by atoms with Gasteiger partial charge in [0.2, 0.25) is 0 Å². The third-order valence-electron chi connectivity index (χ3n) is 3.15. The number of nitriles is 1. The minimum absolute atomic E-state index is 0.656. The SMILES string of the molecule is CNC(C#N)(CCSc1cnccn1)c1ccccc1. The molecule has 20 heavy (non-hydrogen) atoms. The van der Waals surface area contributed by atoms with Crippen LogP contribution in [0.3, 0.4) is 0 Å². The average molecular weight is 284 g/mol. The highest BCUT2D eigenvalue weighted by molar-refractivity contribution is 7.99. The van der Waals surface area contributed by atoms with Crippen molar-refractivity contribution in [1.82, 2.24) is 15.3 Å². The first-order valence-electron chi connectivity index (χ1n) is 6.35. The quantitative estimate of drug-likeness (QED) is 0.826. The summed E-state index contributed by atoms with van der Waals surface area (Å²) < 4.78 is 0. The Kier molecular flexibility index (Phi) is 5.10. The number of benzene rings is 1. The molecule has 2 aromatic rings. The van der Waals surface area contributed by atoms with Crippen LogP contribution in [-0.2, 0) is 5.54 Å². The summed E-state index contributed by atoms with van der Waals surface area (Å²) in [6.45, 7) is 0. The summed E-state index contributed by atoms with van der Waals surface area (Å²) in [6.07, 6.45) is 5.77. The van der Waals surface area contributed by atoms with E-state index in [4.69, 9.17) is 0 Å². The van der Waals surface area contributed by atoms with Crippen LogP contribution in [0.1, 0.15) is 12.0 Å². The summed E-state index contributed by atoms with van der Waals surface area (Å²) in [6, 6.07) is 12.2. The molecule has 0 saturated carbocycles. The molecule has 1 heterocycles. The largest absolute Gasteiger partial charge is 0.299 e. The number of nitrogens with zero attached hydrogens (tertiary/aromatic N) is 3. The molecule has 0 aliphatic heterocycles. The number of hydrogen-bond donors (Lipinski definition) is 1. The van der Waals surface area contributed by atoms with E-state index < -0.39 is 5.54 Å². The van der Waals surface area contributed by atoms with Crippen molar-refractivity contribution in [2.75, 3.05) is 12.8 Å². The van der Waals surface area contributed by atoms with Gasteiger partial charge in [0, 0.05) is 18.1 Å². The van der Waals surface area contributed by atoms with Crippen molar-refractivity contribution >= 4 is 11.8 Å². The fraction of sp³-hybridized carbons (Fsp3) is 0.267. The highest BCUT2D eigenvalue weighted by atomic mass is 32.2. The maximum Gasteiger partial charge on any atom is 0.132 e. The molecule has 0 aliphatic carbocycles. The predicted octanol–water partition coefficient (Wildman–Crippen LogP) is 2.60. The average Bonchev–Trinajstić information content (AvgIpc) is 2.54. The Labute approximate surface area is 123 Å². The zero-order chi connectivity index (χ0) is 14.3. The molecule has 0 aliphatic rings. The van der Waals surface area contributed by atoms with E-state index in [9.17, 15) is 5.26 Å². The van der Waals surface area contributed by atoms with Gasteiger partial charge in [-0.3, -0.25) is 10.3 Å². The number of aromatic nitrogens is 2. The van der Waals surface area contributed by atoms with Crippen molar-refractivity contribution in [2.24, 2.45) is 0 Å². The Morgan fingerprint density at radius 2 is 2.10 bits per heavy atom. The Balaban J connectivity index is 2.05. The van der Waals surface area contributed by atoms with Crippen LogP contribution >= 0.6 is 11.8 Å². The van der Waals surface area contributed by atoms with Gasteiger partial charge in [-0.2, -0.15) is 5.26 Å². The summed E-state index contributed by atoms with van der Waals surface area (Å²) >= 11 is 1.61. The van der Waals surface area contributed by atoms with E-state index >= 15 is 0 Å². The highest BCUT2D eigenvalue weighted by Gasteiger charge is 2.29. The van der Waals surface area contributed by atoms with Crippen LogP contribution in [0.5, 0.6) is 0 Å². The molecule has 0 radical (unpaired) electrons. The fourth-order valence-electron chi connectivity index (χ4n) is 1.98. The van der Waals surface area contributed by atoms with Gasteiger partial charge in [0.05, 0.1) is 12.3 Å². The molecule has 0 saturated heterocycles. The molecule has 2 rings (SSSR count).